The van der Waals surface area contributed by atoms with Gasteiger partial charge in [0.15, 0.2) is 0 Å². The van der Waals surface area contributed by atoms with Gasteiger partial charge in [0.25, 0.3) is 5.91 Å². The summed E-state index contributed by atoms with van der Waals surface area (Å²) in [6, 6.07) is 17.5. The summed E-state index contributed by atoms with van der Waals surface area (Å²) >= 11 is 0. The summed E-state index contributed by atoms with van der Waals surface area (Å²) in [5.41, 5.74) is 2.54. The van der Waals surface area contributed by atoms with Crippen LogP contribution in [0.4, 0.5) is 11.4 Å². The van der Waals surface area contributed by atoms with Crippen molar-refractivity contribution in [3.63, 3.8) is 0 Å². The van der Waals surface area contributed by atoms with Gasteiger partial charge < -0.3 is 15.1 Å². The molecule has 0 bridgehead atoms. The summed E-state index contributed by atoms with van der Waals surface area (Å²) in [6.45, 7) is 5.89. The zero-order chi connectivity index (χ0) is 17.8. The van der Waals surface area contributed by atoms with Gasteiger partial charge >= 0.3 is 0 Å². The SMILES string of the molecule is CC(=O)Nc1ccc(C(=O)N2CCN(c3ccccc3)CC2C)cc1. The highest BCUT2D eigenvalue weighted by molar-refractivity contribution is 5.95. The van der Waals surface area contributed by atoms with Crippen LogP contribution >= 0.6 is 0 Å². The predicted octanol–water partition coefficient (Wildman–Crippen LogP) is 3.00. The van der Waals surface area contributed by atoms with Crippen LogP contribution < -0.4 is 10.2 Å². The first-order valence-electron chi connectivity index (χ1n) is 8.53. The van der Waals surface area contributed by atoms with Crippen LogP contribution in [0.3, 0.4) is 0 Å². The first-order chi connectivity index (χ1) is 12.0. The Morgan fingerprint density at radius 3 is 2.28 bits per heavy atom. The third-order valence-electron chi connectivity index (χ3n) is 4.46. The number of nitrogens with zero attached hydrogens (tertiary/aromatic N) is 2. The maximum absolute atomic E-state index is 12.8. The van der Waals surface area contributed by atoms with Crippen molar-refractivity contribution in [1.82, 2.24) is 4.90 Å². The molecule has 1 atom stereocenters. The summed E-state index contributed by atoms with van der Waals surface area (Å²) in [6.07, 6.45) is 0. The highest BCUT2D eigenvalue weighted by Crippen LogP contribution is 2.21. The lowest BCUT2D eigenvalue weighted by atomic mass is 10.1. The average Bonchev–Trinajstić information content (AvgIpc) is 2.62. The summed E-state index contributed by atoms with van der Waals surface area (Å²) in [4.78, 5) is 28.1. The number of hydrogen-bond donors (Lipinski definition) is 1. The molecule has 130 valence electrons. The molecule has 1 saturated heterocycles. The molecule has 5 nitrogen and oxygen atoms in total. The van der Waals surface area contributed by atoms with Crippen LogP contribution in [0.25, 0.3) is 0 Å². The number of nitrogens with one attached hydrogen (secondary N) is 1. The van der Waals surface area contributed by atoms with Crippen LogP contribution in [0.1, 0.15) is 24.2 Å². The van der Waals surface area contributed by atoms with Gasteiger partial charge in [0.05, 0.1) is 0 Å². The van der Waals surface area contributed by atoms with E-state index < -0.39 is 0 Å². The number of piperazine rings is 1. The van der Waals surface area contributed by atoms with Gasteiger partial charge in [0.2, 0.25) is 5.91 Å². The minimum atomic E-state index is -0.121. The maximum atomic E-state index is 12.8. The minimum absolute atomic E-state index is 0.0367. The molecule has 0 aliphatic carbocycles. The van der Waals surface area contributed by atoms with Gasteiger partial charge in [0, 0.05) is 49.5 Å². The molecule has 25 heavy (non-hydrogen) atoms. The van der Waals surface area contributed by atoms with Crippen molar-refractivity contribution in [3.05, 3.63) is 60.2 Å². The molecule has 1 fully saturated rings. The first kappa shape index (κ1) is 17.0. The molecule has 0 saturated carbocycles. The Kier molecular flexibility index (Phi) is 5.03. The molecule has 2 amide bonds. The van der Waals surface area contributed by atoms with Crippen molar-refractivity contribution >= 4 is 23.2 Å². The zero-order valence-corrected chi connectivity index (χ0v) is 14.6. The van der Waals surface area contributed by atoms with E-state index in [2.05, 4.69) is 29.3 Å². The fourth-order valence-corrected chi connectivity index (χ4v) is 3.20. The van der Waals surface area contributed by atoms with E-state index in [1.807, 2.05) is 23.1 Å². The molecular formula is C20H23N3O2. The van der Waals surface area contributed by atoms with Crippen LogP contribution in [0.2, 0.25) is 0 Å². The van der Waals surface area contributed by atoms with Gasteiger partial charge in [-0.1, -0.05) is 18.2 Å². The normalized spacial score (nSPS) is 17.3. The van der Waals surface area contributed by atoms with Crippen LogP contribution in [-0.2, 0) is 4.79 Å². The lowest BCUT2D eigenvalue weighted by Gasteiger charge is -2.41. The second-order valence-corrected chi connectivity index (χ2v) is 6.39. The van der Waals surface area contributed by atoms with E-state index >= 15 is 0 Å². The van der Waals surface area contributed by atoms with Gasteiger partial charge in [-0.15, -0.1) is 0 Å². The molecule has 1 aliphatic heterocycles. The van der Waals surface area contributed by atoms with Gasteiger partial charge in [-0.05, 0) is 43.3 Å². The minimum Gasteiger partial charge on any atom is -0.368 e. The predicted molar refractivity (Wildman–Crippen MR) is 99.9 cm³/mol. The van der Waals surface area contributed by atoms with E-state index in [9.17, 15) is 9.59 Å². The topological polar surface area (TPSA) is 52.7 Å². The summed E-state index contributed by atoms with van der Waals surface area (Å²) in [7, 11) is 0. The summed E-state index contributed by atoms with van der Waals surface area (Å²) in [5.74, 6) is -0.0840. The van der Waals surface area contributed by atoms with Crippen LogP contribution in [0.15, 0.2) is 54.6 Å². The number of carbonyl (C=O) groups is 2. The third kappa shape index (κ3) is 3.99. The zero-order valence-electron chi connectivity index (χ0n) is 14.6. The number of benzene rings is 2. The monoisotopic (exact) mass is 337 g/mol. The smallest absolute Gasteiger partial charge is 0.254 e. The Balaban J connectivity index is 1.66. The Morgan fingerprint density at radius 1 is 1.00 bits per heavy atom. The second kappa shape index (κ2) is 7.38. The Labute approximate surface area is 148 Å². The number of para-hydroxylation sites is 1. The molecular weight excluding hydrogens is 314 g/mol. The summed E-state index contributed by atoms with van der Waals surface area (Å²) in [5, 5.41) is 2.71. The van der Waals surface area contributed by atoms with Crippen molar-refractivity contribution < 1.29 is 9.59 Å². The van der Waals surface area contributed by atoms with E-state index in [0.717, 1.165) is 13.1 Å². The fourth-order valence-electron chi connectivity index (χ4n) is 3.20. The van der Waals surface area contributed by atoms with Gasteiger partial charge in [-0.2, -0.15) is 0 Å². The molecule has 0 radical (unpaired) electrons. The van der Waals surface area contributed by atoms with Crippen molar-refractivity contribution in [2.45, 2.75) is 19.9 Å². The number of amides is 2. The van der Waals surface area contributed by atoms with E-state index in [-0.39, 0.29) is 17.9 Å². The molecule has 3 rings (SSSR count). The number of hydrogen-bond acceptors (Lipinski definition) is 3. The molecule has 0 spiro atoms. The molecule has 1 heterocycles. The number of anilines is 2. The van der Waals surface area contributed by atoms with E-state index in [1.54, 1.807) is 24.3 Å². The van der Waals surface area contributed by atoms with Crippen molar-refractivity contribution in [2.75, 3.05) is 29.9 Å². The Bertz CT molecular complexity index is 743. The largest absolute Gasteiger partial charge is 0.368 e. The highest BCUT2D eigenvalue weighted by Gasteiger charge is 2.28. The number of rotatable bonds is 3. The Morgan fingerprint density at radius 2 is 1.68 bits per heavy atom. The first-order valence-corrected chi connectivity index (χ1v) is 8.53. The lowest BCUT2D eigenvalue weighted by molar-refractivity contribution is -0.114. The van der Waals surface area contributed by atoms with Gasteiger partial charge in [-0.25, -0.2) is 0 Å². The van der Waals surface area contributed by atoms with E-state index in [1.165, 1.54) is 12.6 Å². The van der Waals surface area contributed by atoms with Crippen LogP contribution in [0.5, 0.6) is 0 Å². The van der Waals surface area contributed by atoms with Crippen molar-refractivity contribution in [2.24, 2.45) is 0 Å². The van der Waals surface area contributed by atoms with Gasteiger partial charge in [0.1, 0.15) is 0 Å². The quantitative estimate of drug-likeness (QED) is 0.937. The molecule has 2 aromatic carbocycles. The molecule has 2 aromatic rings. The lowest BCUT2D eigenvalue weighted by Crippen LogP contribution is -2.54. The van der Waals surface area contributed by atoms with Crippen LogP contribution in [0, 0.1) is 0 Å². The van der Waals surface area contributed by atoms with Gasteiger partial charge in [-0.3, -0.25) is 9.59 Å². The average molecular weight is 337 g/mol. The fraction of sp³-hybridized carbons (Fsp3) is 0.300. The molecule has 1 aliphatic rings. The van der Waals surface area contributed by atoms with Crippen molar-refractivity contribution in [1.29, 1.82) is 0 Å². The molecule has 1 unspecified atom stereocenters. The number of carbonyl (C=O) groups excluding carboxylic acids is 2. The molecule has 5 heteroatoms. The van der Waals surface area contributed by atoms with E-state index in [0.29, 0.717) is 17.8 Å². The highest BCUT2D eigenvalue weighted by atomic mass is 16.2. The standard InChI is InChI=1S/C20H23N3O2/c1-15-14-22(19-6-4-3-5-7-19)12-13-23(15)20(25)17-8-10-18(11-9-17)21-16(2)24/h3-11,15H,12-14H2,1-2H3,(H,21,24). The van der Waals surface area contributed by atoms with Crippen molar-refractivity contribution in [3.8, 4) is 0 Å². The maximum Gasteiger partial charge on any atom is 0.254 e. The molecule has 1 N–H and O–H groups in total. The molecule has 0 aromatic heterocycles. The van der Waals surface area contributed by atoms with E-state index in [4.69, 9.17) is 0 Å². The van der Waals surface area contributed by atoms with Crippen LogP contribution in [-0.4, -0.2) is 42.4 Å². The second-order valence-electron chi connectivity index (χ2n) is 6.39. The third-order valence-corrected chi connectivity index (χ3v) is 4.46. The summed E-state index contributed by atoms with van der Waals surface area (Å²) < 4.78 is 0. The Hall–Kier alpha value is -2.82.